The maximum absolute atomic E-state index is 4.50. The number of nitrogens with zero attached hydrogens (tertiary/aromatic N) is 2. The van der Waals surface area contributed by atoms with Crippen LogP contribution in [0.2, 0.25) is 0 Å². The van der Waals surface area contributed by atoms with Crippen LogP contribution in [0.1, 0.15) is 13.8 Å². The first-order valence-corrected chi connectivity index (χ1v) is 6.09. The van der Waals surface area contributed by atoms with E-state index >= 15 is 0 Å². The van der Waals surface area contributed by atoms with Gasteiger partial charge in [0.15, 0.2) is 5.16 Å². The summed E-state index contributed by atoms with van der Waals surface area (Å²) < 4.78 is 0. The lowest BCUT2D eigenvalue weighted by Crippen LogP contribution is -1.93. The predicted octanol–water partition coefficient (Wildman–Crippen LogP) is 3.38. The molecule has 0 spiro atoms. The van der Waals surface area contributed by atoms with E-state index in [9.17, 15) is 0 Å². The number of fused-ring (bicyclic) bond motifs is 1. The van der Waals surface area contributed by atoms with Gasteiger partial charge in [-0.05, 0) is 12.0 Å². The third-order valence-electron chi connectivity index (χ3n) is 2.01. The molecule has 2 rings (SSSR count). The molecule has 0 N–H and O–H groups in total. The lowest BCUT2D eigenvalue weighted by atomic mass is 10.2. The Labute approximate surface area is 94.1 Å². The Morgan fingerprint density at radius 1 is 1.27 bits per heavy atom. The van der Waals surface area contributed by atoms with Crippen molar-refractivity contribution in [2.45, 2.75) is 19.0 Å². The lowest BCUT2D eigenvalue weighted by molar-refractivity contribution is 0.748. The van der Waals surface area contributed by atoms with Gasteiger partial charge in [0.2, 0.25) is 0 Å². The zero-order valence-electron chi connectivity index (χ0n) is 8.97. The molecule has 2 aromatic rings. The number of thioether (sulfide) groups is 1. The monoisotopic (exact) mass is 218 g/mol. The first-order chi connectivity index (χ1) is 7.25. The van der Waals surface area contributed by atoms with Crippen molar-refractivity contribution < 1.29 is 0 Å². The summed E-state index contributed by atoms with van der Waals surface area (Å²) in [5, 5.41) is 1.98. The van der Waals surface area contributed by atoms with E-state index in [0.717, 1.165) is 21.8 Å². The van der Waals surface area contributed by atoms with Crippen LogP contribution in [0.25, 0.3) is 10.9 Å². The Morgan fingerprint density at radius 3 is 2.87 bits per heavy atom. The van der Waals surface area contributed by atoms with Crippen LogP contribution in [-0.4, -0.2) is 15.7 Å². The molecule has 0 aliphatic rings. The molecule has 1 heterocycles. The average molecular weight is 218 g/mol. The van der Waals surface area contributed by atoms with Crippen LogP contribution >= 0.6 is 11.8 Å². The molecular formula is C12H14N2S. The van der Waals surface area contributed by atoms with Crippen LogP contribution in [-0.2, 0) is 0 Å². The molecule has 0 atom stereocenters. The highest BCUT2D eigenvalue weighted by Crippen LogP contribution is 2.18. The van der Waals surface area contributed by atoms with Crippen molar-refractivity contribution in [1.29, 1.82) is 0 Å². The van der Waals surface area contributed by atoms with Crippen molar-refractivity contribution in [2.75, 3.05) is 5.75 Å². The molecule has 15 heavy (non-hydrogen) atoms. The van der Waals surface area contributed by atoms with Crippen LogP contribution in [0.4, 0.5) is 0 Å². The van der Waals surface area contributed by atoms with E-state index in [-0.39, 0.29) is 0 Å². The second-order valence-corrected chi connectivity index (χ2v) is 4.90. The van der Waals surface area contributed by atoms with E-state index in [1.165, 1.54) is 0 Å². The summed E-state index contributed by atoms with van der Waals surface area (Å²) in [7, 11) is 0. The third-order valence-corrected chi connectivity index (χ3v) is 3.30. The fraction of sp³-hybridized carbons (Fsp3) is 0.333. The Balaban J connectivity index is 2.23. The maximum Gasteiger partial charge on any atom is 0.188 e. The first kappa shape index (κ1) is 10.4. The molecule has 0 bridgehead atoms. The molecule has 0 aliphatic heterocycles. The van der Waals surface area contributed by atoms with Gasteiger partial charge in [-0.2, -0.15) is 0 Å². The summed E-state index contributed by atoms with van der Waals surface area (Å²) >= 11 is 1.72. The smallest absolute Gasteiger partial charge is 0.188 e. The fourth-order valence-corrected chi connectivity index (χ4v) is 2.04. The third kappa shape index (κ3) is 2.69. The highest BCUT2D eigenvalue weighted by molar-refractivity contribution is 7.99. The second kappa shape index (κ2) is 4.62. The summed E-state index contributed by atoms with van der Waals surface area (Å²) in [4.78, 5) is 8.83. The zero-order chi connectivity index (χ0) is 10.7. The quantitative estimate of drug-likeness (QED) is 0.583. The topological polar surface area (TPSA) is 25.8 Å². The molecule has 0 radical (unpaired) electrons. The van der Waals surface area contributed by atoms with E-state index in [1.807, 2.05) is 30.5 Å². The van der Waals surface area contributed by atoms with Crippen LogP contribution in [0.5, 0.6) is 0 Å². The molecule has 1 aromatic heterocycles. The molecular weight excluding hydrogens is 204 g/mol. The van der Waals surface area contributed by atoms with Gasteiger partial charge in [-0.1, -0.05) is 43.8 Å². The van der Waals surface area contributed by atoms with Crippen LogP contribution in [0.3, 0.4) is 0 Å². The van der Waals surface area contributed by atoms with Crippen molar-refractivity contribution in [1.82, 2.24) is 9.97 Å². The minimum Gasteiger partial charge on any atom is -0.230 e. The molecule has 1 aromatic carbocycles. The molecule has 0 saturated heterocycles. The van der Waals surface area contributed by atoms with Gasteiger partial charge in [-0.15, -0.1) is 0 Å². The Hall–Kier alpha value is -1.09. The van der Waals surface area contributed by atoms with Gasteiger partial charge >= 0.3 is 0 Å². The minimum absolute atomic E-state index is 0.671. The number of para-hydroxylation sites is 1. The van der Waals surface area contributed by atoms with Crippen LogP contribution in [0, 0.1) is 5.92 Å². The second-order valence-electron chi connectivity index (χ2n) is 3.92. The van der Waals surface area contributed by atoms with Crippen molar-refractivity contribution in [2.24, 2.45) is 5.92 Å². The van der Waals surface area contributed by atoms with Crippen LogP contribution in [0.15, 0.2) is 35.6 Å². The zero-order valence-corrected chi connectivity index (χ0v) is 9.79. The van der Waals surface area contributed by atoms with Crippen LogP contribution < -0.4 is 0 Å². The Morgan fingerprint density at radius 2 is 2.07 bits per heavy atom. The van der Waals surface area contributed by atoms with E-state index in [2.05, 4.69) is 23.8 Å². The lowest BCUT2D eigenvalue weighted by Gasteiger charge is -2.03. The Kier molecular flexibility index (Phi) is 3.21. The van der Waals surface area contributed by atoms with Gasteiger partial charge < -0.3 is 0 Å². The first-order valence-electron chi connectivity index (χ1n) is 5.10. The minimum atomic E-state index is 0.671. The van der Waals surface area contributed by atoms with Gasteiger partial charge in [0.05, 0.1) is 5.52 Å². The number of rotatable bonds is 3. The number of benzene rings is 1. The highest BCUT2D eigenvalue weighted by Gasteiger charge is 2.01. The van der Waals surface area contributed by atoms with E-state index in [4.69, 9.17) is 0 Å². The molecule has 0 unspecified atom stereocenters. The maximum atomic E-state index is 4.50. The van der Waals surface area contributed by atoms with Gasteiger partial charge in [0.25, 0.3) is 0 Å². The summed E-state index contributed by atoms with van der Waals surface area (Å²) in [6.07, 6.45) is 1.89. The van der Waals surface area contributed by atoms with Crippen molar-refractivity contribution in [3.05, 3.63) is 30.5 Å². The van der Waals surface area contributed by atoms with Gasteiger partial charge in [-0.25, -0.2) is 9.97 Å². The van der Waals surface area contributed by atoms with Gasteiger partial charge in [-0.3, -0.25) is 0 Å². The molecule has 3 heteroatoms. The standard InChI is InChI=1S/C12H14N2S/c1-9(2)8-15-12-13-7-10-5-3-4-6-11(10)14-12/h3-7,9H,8H2,1-2H3. The predicted molar refractivity (Wildman–Crippen MR) is 65.1 cm³/mol. The SMILES string of the molecule is CC(C)CSc1ncc2ccccc2n1. The van der Waals surface area contributed by atoms with Gasteiger partial charge in [0.1, 0.15) is 0 Å². The molecule has 0 aliphatic carbocycles. The van der Waals surface area contributed by atoms with E-state index < -0.39 is 0 Å². The van der Waals surface area contributed by atoms with E-state index in [1.54, 1.807) is 11.8 Å². The summed E-state index contributed by atoms with van der Waals surface area (Å²) in [5.74, 6) is 1.74. The largest absolute Gasteiger partial charge is 0.230 e. The number of hydrogen-bond donors (Lipinski definition) is 0. The Bertz CT molecular complexity index is 454. The molecule has 78 valence electrons. The van der Waals surface area contributed by atoms with Gasteiger partial charge in [0, 0.05) is 17.3 Å². The molecule has 0 fully saturated rings. The molecule has 0 saturated carbocycles. The average Bonchev–Trinajstić information content (AvgIpc) is 2.26. The number of aromatic nitrogens is 2. The fourth-order valence-electron chi connectivity index (χ4n) is 1.27. The highest BCUT2D eigenvalue weighted by atomic mass is 32.2. The summed E-state index contributed by atoms with van der Waals surface area (Å²) in [6.45, 7) is 4.40. The van der Waals surface area contributed by atoms with Crippen molar-refractivity contribution in [3.63, 3.8) is 0 Å². The van der Waals surface area contributed by atoms with E-state index in [0.29, 0.717) is 5.92 Å². The van der Waals surface area contributed by atoms with Crippen molar-refractivity contribution in [3.8, 4) is 0 Å². The number of hydrogen-bond acceptors (Lipinski definition) is 3. The van der Waals surface area contributed by atoms with Crippen molar-refractivity contribution >= 4 is 22.7 Å². The molecule has 2 nitrogen and oxygen atoms in total. The summed E-state index contributed by atoms with van der Waals surface area (Å²) in [6, 6.07) is 8.07. The summed E-state index contributed by atoms with van der Waals surface area (Å²) in [5.41, 5.74) is 1.03. The molecule has 0 amide bonds. The normalized spacial score (nSPS) is 11.1.